The molecule has 0 amide bonds. The van der Waals surface area contributed by atoms with Crippen molar-refractivity contribution < 1.29 is 19.0 Å². The molecule has 1 saturated heterocycles. The molecular weight excluding hydrogens is 310 g/mol. The van der Waals surface area contributed by atoms with Crippen LogP contribution in [0.15, 0.2) is 36.5 Å². The number of aromatic nitrogens is 2. The van der Waals surface area contributed by atoms with Crippen molar-refractivity contribution in [3.05, 3.63) is 42.1 Å². The first-order valence-electron chi connectivity index (χ1n) is 7.87. The fourth-order valence-electron chi connectivity index (χ4n) is 2.30. The summed E-state index contributed by atoms with van der Waals surface area (Å²) in [4.78, 5) is 22.8. The maximum absolute atomic E-state index is 12.1. The largest absolute Gasteiger partial charge is 0.462 e. The smallest absolute Gasteiger partial charge is 0.345 e. The van der Waals surface area contributed by atoms with E-state index in [1.54, 1.807) is 19.1 Å². The number of ether oxygens (including phenoxy) is 3. The lowest BCUT2D eigenvalue weighted by atomic mass is 10.3. The van der Waals surface area contributed by atoms with E-state index >= 15 is 0 Å². The van der Waals surface area contributed by atoms with Gasteiger partial charge < -0.3 is 19.1 Å². The Hall–Kier alpha value is -2.67. The van der Waals surface area contributed by atoms with Crippen molar-refractivity contribution >= 4 is 11.9 Å². The molecule has 0 unspecified atom stereocenters. The number of anilines is 1. The van der Waals surface area contributed by atoms with E-state index in [1.165, 1.54) is 6.20 Å². The van der Waals surface area contributed by atoms with Crippen LogP contribution >= 0.6 is 0 Å². The molecule has 0 saturated carbocycles. The summed E-state index contributed by atoms with van der Waals surface area (Å²) in [5.74, 6) is 0.792. The van der Waals surface area contributed by atoms with Crippen LogP contribution in [0.5, 0.6) is 11.6 Å². The maximum atomic E-state index is 12.1. The van der Waals surface area contributed by atoms with Crippen LogP contribution in [0.3, 0.4) is 0 Å². The van der Waals surface area contributed by atoms with Crippen molar-refractivity contribution in [1.82, 2.24) is 9.97 Å². The second-order valence-electron chi connectivity index (χ2n) is 5.12. The first-order valence-corrected chi connectivity index (χ1v) is 7.87. The van der Waals surface area contributed by atoms with E-state index in [0.29, 0.717) is 38.0 Å². The zero-order valence-electron chi connectivity index (χ0n) is 13.5. The van der Waals surface area contributed by atoms with Crippen LogP contribution in [0.1, 0.15) is 17.3 Å². The highest BCUT2D eigenvalue weighted by Gasteiger charge is 2.21. The molecule has 0 atom stereocenters. The molecular formula is C17H19N3O4. The Kier molecular flexibility index (Phi) is 5.22. The maximum Gasteiger partial charge on any atom is 0.345 e. The molecule has 0 aliphatic carbocycles. The second-order valence-corrected chi connectivity index (χ2v) is 5.12. The fraction of sp³-hybridized carbons (Fsp3) is 0.353. The van der Waals surface area contributed by atoms with Gasteiger partial charge in [-0.05, 0) is 19.1 Å². The summed E-state index contributed by atoms with van der Waals surface area (Å²) in [7, 11) is 0. The highest BCUT2D eigenvalue weighted by atomic mass is 16.5. The zero-order chi connectivity index (χ0) is 16.8. The molecule has 7 heteroatoms. The number of para-hydroxylation sites is 1. The Morgan fingerprint density at radius 2 is 2.00 bits per heavy atom. The van der Waals surface area contributed by atoms with Crippen molar-refractivity contribution in [1.29, 1.82) is 0 Å². The van der Waals surface area contributed by atoms with Crippen LogP contribution < -0.4 is 9.64 Å². The minimum Gasteiger partial charge on any atom is -0.462 e. The molecule has 1 aromatic heterocycles. The lowest BCUT2D eigenvalue weighted by molar-refractivity contribution is 0.0522. The first-order chi connectivity index (χ1) is 11.8. The summed E-state index contributed by atoms with van der Waals surface area (Å²) in [6, 6.07) is 9.18. The Labute approximate surface area is 140 Å². The van der Waals surface area contributed by atoms with Gasteiger partial charge in [-0.2, -0.15) is 4.98 Å². The predicted octanol–water partition coefficient (Wildman–Crippen LogP) is 2.28. The van der Waals surface area contributed by atoms with Gasteiger partial charge in [-0.1, -0.05) is 18.2 Å². The molecule has 1 aliphatic heterocycles. The summed E-state index contributed by atoms with van der Waals surface area (Å²) in [6.07, 6.45) is 1.45. The first kappa shape index (κ1) is 16.2. The lowest BCUT2D eigenvalue weighted by Crippen LogP contribution is -2.37. The molecule has 2 heterocycles. The van der Waals surface area contributed by atoms with Crippen LogP contribution in [-0.2, 0) is 9.47 Å². The normalized spacial score (nSPS) is 14.3. The minimum atomic E-state index is -0.503. The molecule has 0 spiro atoms. The number of carbonyl (C=O) groups excluding carboxylic acids is 1. The standard InChI is InChI=1S/C17H19N3O4/c1-2-23-16(21)14-12-18-17(20-8-10-22-11-9-20)19-15(14)24-13-6-4-3-5-7-13/h3-7,12H,2,8-11H2,1H3. The second kappa shape index (κ2) is 7.74. The van der Waals surface area contributed by atoms with Gasteiger partial charge in [-0.3, -0.25) is 0 Å². The summed E-state index contributed by atoms with van der Waals surface area (Å²) < 4.78 is 16.2. The fourth-order valence-corrected chi connectivity index (χ4v) is 2.30. The average molecular weight is 329 g/mol. The van der Waals surface area contributed by atoms with E-state index in [9.17, 15) is 4.79 Å². The highest BCUT2D eigenvalue weighted by Crippen LogP contribution is 2.25. The summed E-state index contributed by atoms with van der Waals surface area (Å²) in [5, 5.41) is 0. The number of hydrogen-bond donors (Lipinski definition) is 0. The van der Waals surface area contributed by atoms with E-state index in [1.807, 2.05) is 23.1 Å². The summed E-state index contributed by atoms with van der Waals surface area (Å²) in [6.45, 7) is 4.66. The SMILES string of the molecule is CCOC(=O)c1cnc(N2CCOCC2)nc1Oc1ccccc1. The zero-order valence-corrected chi connectivity index (χ0v) is 13.5. The van der Waals surface area contributed by atoms with Crippen LogP contribution in [0.2, 0.25) is 0 Å². The van der Waals surface area contributed by atoms with Crippen LogP contribution in [0.25, 0.3) is 0 Å². The van der Waals surface area contributed by atoms with Crippen molar-refractivity contribution in [2.24, 2.45) is 0 Å². The summed E-state index contributed by atoms with van der Waals surface area (Å²) in [5.41, 5.74) is 0.206. The molecule has 2 aromatic rings. The van der Waals surface area contributed by atoms with Crippen LogP contribution in [0.4, 0.5) is 5.95 Å². The molecule has 0 N–H and O–H groups in total. The van der Waals surface area contributed by atoms with E-state index in [2.05, 4.69) is 9.97 Å². The van der Waals surface area contributed by atoms with E-state index in [4.69, 9.17) is 14.2 Å². The van der Waals surface area contributed by atoms with Gasteiger partial charge in [0.15, 0.2) is 0 Å². The van der Waals surface area contributed by atoms with Gasteiger partial charge >= 0.3 is 5.97 Å². The van der Waals surface area contributed by atoms with E-state index < -0.39 is 5.97 Å². The number of hydrogen-bond acceptors (Lipinski definition) is 7. The molecule has 7 nitrogen and oxygen atoms in total. The third-order valence-electron chi connectivity index (χ3n) is 3.49. The Morgan fingerprint density at radius 1 is 1.25 bits per heavy atom. The van der Waals surface area contributed by atoms with E-state index in [0.717, 1.165) is 0 Å². The highest BCUT2D eigenvalue weighted by molar-refractivity contribution is 5.91. The molecule has 1 fully saturated rings. The molecule has 24 heavy (non-hydrogen) atoms. The van der Waals surface area contributed by atoms with Gasteiger partial charge in [0, 0.05) is 13.1 Å². The monoisotopic (exact) mass is 329 g/mol. The van der Waals surface area contributed by atoms with Gasteiger partial charge in [0.05, 0.1) is 26.0 Å². The average Bonchev–Trinajstić information content (AvgIpc) is 2.63. The molecule has 0 radical (unpaired) electrons. The summed E-state index contributed by atoms with van der Waals surface area (Å²) >= 11 is 0. The van der Waals surface area contributed by atoms with Gasteiger partial charge in [-0.15, -0.1) is 0 Å². The number of rotatable bonds is 5. The van der Waals surface area contributed by atoms with Crippen molar-refractivity contribution in [3.8, 4) is 11.6 Å². The predicted molar refractivity (Wildman–Crippen MR) is 87.5 cm³/mol. The van der Waals surface area contributed by atoms with Crippen molar-refractivity contribution in [2.45, 2.75) is 6.92 Å². The quantitative estimate of drug-likeness (QED) is 0.779. The number of carbonyl (C=O) groups is 1. The third-order valence-corrected chi connectivity index (χ3v) is 3.49. The molecule has 1 aliphatic rings. The van der Waals surface area contributed by atoms with Gasteiger partial charge in [0.25, 0.3) is 0 Å². The van der Waals surface area contributed by atoms with Gasteiger partial charge in [0.2, 0.25) is 11.8 Å². The van der Waals surface area contributed by atoms with Crippen LogP contribution in [0, 0.1) is 0 Å². The Morgan fingerprint density at radius 3 is 2.71 bits per heavy atom. The van der Waals surface area contributed by atoms with Gasteiger partial charge in [0.1, 0.15) is 11.3 Å². The molecule has 126 valence electrons. The van der Waals surface area contributed by atoms with Gasteiger partial charge in [-0.25, -0.2) is 9.78 Å². The molecule has 0 bridgehead atoms. The minimum absolute atomic E-state index is 0.191. The number of nitrogens with zero attached hydrogens (tertiary/aromatic N) is 3. The van der Waals surface area contributed by atoms with Crippen molar-refractivity contribution in [3.63, 3.8) is 0 Å². The topological polar surface area (TPSA) is 73.8 Å². The van der Waals surface area contributed by atoms with Crippen LogP contribution in [-0.4, -0.2) is 48.8 Å². The van der Waals surface area contributed by atoms with E-state index in [-0.39, 0.29) is 18.1 Å². The van der Waals surface area contributed by atoms with Crippen molar-refractivity contribution in [2.75, 3.05) is 37.8 Å². The Bertz CT molecular complexity index is 687. The lowest BCUT2D eigenvalue weighted by Gasteiger charge is -2.27. The molecule has 1 aromatic carbocycles. The molecule has 3 rings (SSSR count). The number of morpholine rings is 1. The number of esters is 1. The number of benzene rings is 1. The Balaban J connectivity index is 1.91. The third kappa shape index (κ3) is 3.80.